The average Bonchev–Trinajstić information content (AvgIpc) is 3.41. The Kier molecular flexibility index (Phi) is 52.7. The van der Waals surface area contributed by atoms with E-state index in [1.165, 1.54) is 116 Å². The molecule has 0 aliphatic heterocycles. The second kappa shape index (κ2) is 54.0. The van der Waals surface area contributed by atoms with E-state index < -0.39 is 97.5 Å². The second-order valence-electron chi connectivity index (χ2n) is 22.2. The zero-order valence-corrected chi connectivity index (χ0v) is 52.3. The van der Waals surface area contributed by atoms with Gasteiger partial charge in [0, 0.05) is 25.7 Å². The minimum atomic E-state index is -4.94. The molecule has 0 amide bonds. The van der Waals surface area contributed by atoms with Crippen LogP contribution in [-0.2, 0) is 65.4 Å². The molecule has 0 radical (unpaired) electrons. The van der Waals surface area contributed by atoms with Crippen molar-refractivity contribution < 1.29 is 80.2 Å². The smallest absolute Gasteiger partial charge is 0.462 e. The highest BCUT2D eigenvalue weighted by Crippen LogP contribution is 2.45. The number of rotatable bonds is 60. The third-order valence-corrected chi connectivity index (χ3v) is 15.7. The van der Waals surface area contributed by atoms with Gasteiger partial charge in [-0.05, 0) is 31.6 Å². The predicted octanol–water partition coefficient (Wildman–Crippen LogP) is 16.2. The minimum Gasteiger partial charge on any atom is -0.462 e. The van der Waals surface area contributed by atoms with E-state index >= 15 is 0 Å². The average molecular weight is 1170 g/mol. The van der Waals surface area contributed by atoms with Gasteiger partial charge in [0.1, 0.15) is 19.3 Å². The van der Waals surface area contributed by atoms with Gasteiger partial charge >= 0.3 is 39.5 Å². The Hall–Kier alpha value is -1.94. The summed E-state index contributed by atoms with van der Waals surface area (Å²) < 4.78 is 67.6. The van der Waals surface area contributed by atoms with Crippen molar-refractivity contribution in [2.45, 2.75) is 316 Å². The van der Waals surface area contributed by atoms with Crippen LogP contribution in [0.5, 0.6) is 0 Å². The van der Waals surface area contributed by atoms with Crippen molar-refractivity contribution in [2.24, 2.45) is 5.92 Å². The Morgan fingerprint density at radius 3 is 0.861 bits per heavy atom. The molecule has 0 aliphatic rings. The first-order valence-electron chi connectivity index (χ1n) is 31.6. The van der Waals surface area contributed by atoms with Gasteiger partial charge in [-0.25, -0.2) is 9.13 Å². The molecule has 0 heterocycles. The Balaban J connectivity index is 5.18. The summed E-state index contributed by atoms with van der Waals surface area (Å²) in [6, 6.07) is 0. The first-order chi connectivity index (χ1) is 38.0. The summed E-state index contributed by atoms with van der Waals surface area (Å²) >= 11 is 0. The number of aliphatic hydroxyl groups excluding tert-OH is 1. The van der Waals surface area contributed by atoms with Crippen molar-refractivity contribution in [1.29, 1.82) is 0 Å². The summed E-state index contributed by atoms with van der Waals surface area (Å²) in [7, 11) is -9.87. The first kappa shape index (κ1) is 77.1. The van der Waals surface area contributed by atoms with Crippen LogP contribution in [0.2, 0.25) is 0 Å². The van der Waals surface area contributed by atoms with Gasteiger partial charge in [-0.1, -0.05) is 247 Å². The predicted molar refractivity (Wildman–Crippen MR) is 312 cm³/mol. The van der Waals surface area contributed by atoms with Gasteiger partial charge < -0.3 is 33.8 Å². The molecule has 0 rings (SSSR count). The van der Waals surface area contributed by atoms with E-state index in [-0.39, 0.29) is 25.7 Å². The fourth-order valence-electron chi connectivity index (χ4n) is 8.88. The molecule has 0 fully saturated rings. The first-order valence-corrected chi connectivity index (χ1v) is 34.6. The Labute approximate surface area is 479 Å². The van der Waals surface area contributed by atoms with E-state index in [0.29, 0.717) is 25.7 Å². The van der Waals surface area contributed by atoms with Gasteiger partial charge in [-0.15, -0.1) is 0 Å². The van der Waals surface area contributed by atoms with Crippen LogP contribution >= 0.6 is 15.6 Å². The third-order valence-electron chi connectivity index (χ3n) is 13.8. The number of hydrogen-bond donors (Lipinski definition) is 3. The number of ether oxygens (including phenoxy) is 4. The van der Waals surface area contributed by atoms with E-state index in [2.05, 4.69) is 34.6 Å². The quantitative estimate of drug-likeness (QED) is 0.0222. The second-order valence-corrected chi connectivity index (χ2v) is 25.1. The van der Waals surface area contributed by atoms with Crippen LogP contribution in [0, 0.1) is 5.92 Å². The monoisotopic (exact) mass is 1170 g/mol. The fraction of sp³-hybridized carbons (Fsp3) is 0.933. The summed E-state index contributed by atoms with van der Waals surface area (Å²) in [5.74, 6) is -1.41. The number of carbonyl (C=O) groups is 4. The molecule has 5 atom stereocenters. The van der Waals surface area contributed by atoms with Gasteiger partial charge in [0.25, 0.3) is 0 Å². The fourth-order valence-corrected chi connectivity index (χ4v) is 10.5. The summed E-state index contributed by atoms with van der Waals surface area (Å²) in [5.41, 5.74) is 0. The molecule has 0 spiro atoms. The lowest BCUT2D eigenvalue weighted by Crippen LogP contribution is -2.30. The van der Waals surface area contributed by atoms with Crippen molar-refractivity contribution in [1.82, 2.24) is 0 Å². The molecule has 17 nitrogen and oxygen atoms in total. The van der Waals surface area contributed by atoms with Gasteiger partial charge in [0.05, 0.1) is 26.4 Å². The van der Waals surface area contributed by atoms with Crippen LogP contribution in [-0.4, -0.2) is 96.7 Å². The highest BCUT2D eigenvalue weighted by atomic mass is 31.2. The Bertz CT molecular complexity index is 1550. The topological polar surface area (TPSA) is 237 Å². The molecule has 0 aliphatic carbocycles. The SMILES string of the molecule is CCCCCCCCCCCCCCCC(=O)O[C@H](COC(=O)CCCCCCCCCCCC(C)C)COP(=O)(O)OC[C@@H](O)COP(=O)(O)OC[C@@H](COC(=O)CCCCCCC)OC(=O)CCCCCCCCCCC. The molecule has 0 aromatic rings. The maximum Gasteiger partial charge on any atom is 0.472 e. The highest BCUT2D eigenvalue weighted by molar-refractivity contribution is 7.47. The molecule has 468 valence electrons. The minimum absolute atomic E-state index is 0.105. The molecule has 79 heavy (non-hydrogen) atoms. The van der Waals surface area contributed by atoms with Crippen molar-refractivity contribution in [3.05, 3.63) is 0 Å². The standard InChI is InChI=1S/C60H116O17P2/c1-6-9-12-15-17-19-20-21-22-26-31-36-41-46-60(65)77-56(50-71-58(63)44-39-34-29-27-23-25-28-33-37-42-53(4)5)52-75-79(68,69)73-48-54(61)47-72-78(66,67)74-51-55(49-70-57(62)43-38-32-14-11-8-3)76-59(64)45-40-35-30-24-18-16-13-10-7-2/h53-56,61H,6-52H2,1-5H3,(H,66,67)(H,68,69)/t54-,55+,56+/m0/s1. The lowest BCUT2D eigenvalue weighted by molar-refractivity contribution is -0.161. The Morgan fingerprint density at radius 2 is 0.582 bits per heavy atom. The molecule has 0 aromatic heterocycles. The van der Waals surface area contributed by atoms with E-state index in [4.69, 9.17) is 37.0 Å². The van der Waals surface area contributed by atoms with Gasteiger partial charge in [0.2, 0.25) is 0 Å². The normalized spacial score (nSPS) is 14.3. The molecule has 2 unspecified atom stereocenters. The van der Waals surface area contributed by atoms with E-state index in [1.807, 2.05) is 0 Å². The molecule has 3 N–H and O–H groups in total. The van der Waals surface area contributed by atoms with Crippen LogP contribution < -0.4 is 0 Å². The van der Waals surface area contributed by atoms with Crippen LogP contribution in [0.4, 0.5) is 0 Å². The van der Waals surface area contributed by atoms with Crippen molar-refractivity contribution in [3.63, 3.8) is 0 Å². The molecule has 0 bridgehead atoms. The van der Waals surface area contributed by atoms with E-state index in [1.54, 1.807) is 0 Å². The zero-order valence-electron chi connectivity index (χ0n) is 50.5. The number of esters is 4. The summed E-state index contributed by atoms with van der Waals surface area (Å²) in [5, 5.41) is 10.5. The summed E-state index contributed by atoms with van der Waals surface area (Å²) in [6.07, 6.45) is 36.5. The van der Waals surface area contributed by atoms with Crippen molar-refractivity contribution >= 4 is 39.5 Å². The van der Waals surface area contributed by atoms with E-state index in [0.717, 1.165) is 102 Å². The highest BCUT2D eigenvalue weighted by Gasteiger charge is 2.30. The van der Waals surface area contributed by atoms with Crippen LogP contribution in [0.25, 0.3) is 0 Å². The maximum atomic E-state index is 12.9. The number of hydrogen-bond acceptors (Lipinski definition) is 15. The lowest BCUT2D eigenvalue weighted by atomic mass is 10.0. The molecule has 19 heteroatoms. The van der Waals surface area contributed by atoms with Crippen LogP contribution in [0.15, 0.2) is 0 Å². The number of phosphoric acid groups is 2. The third kappa shape index (κ3) is 55.0. The number of aliphatic hydroxyl groups is 1. The van der Waals surface area contributed by atoms with Crippen LogP contribution in [0.1, 0.15) is 298 Å². The lowest BCUT2D eigenvalue weighted by Gasteiger charge is -2.21. The zero-order chi connectivity index (χ0) is 58.5. The van der Waals surface area contributed by atoms with Crippen molar-refractivity contribution in [3.8, 4) is 0 Å². The molecular formula is C60H116O17P2. The van der Waals surface area contributed by atoms with E-state index in [9.17, 15) is 43.2 Å². The largest absolute Gasteiger partial charge is 0.472 e. The molecule has 0 saturated carbocycles. The molecule has 0 saturated heterocycles. The molecular weight excluding hydrogens is 1050 g/mol. The van der Waals surface area contributed by atoms with Gasteiger partial charge in [-0.2, -0.15) is 0 Å². The molecule has 0 aromatic carbocycles. The van der Waals surface area contributed by atoms with Crippen molar-refractivity contribution in [2.75, 3.05) is 39.6 Å². The number of unbranched alkanes of at least 4 members (excludes halogenated alkanes) is 32. The van der Waals surface area contributed by atoms with Gasteiger partial charge in [0.15, 0.2) is 12.2 Å². The number of carbonyl (C=O) groups excluding carboxylic acids is 4. The summed E-state index contributed by atoms with van der Waals surface area (Å²) in [4.78, 5) is 71.7. The number of phosphoric ester groups is 2. The maximum absolute atomic E-state index is 12.9. The van der Waals surface area contributed by atoms with Crippen LogP contribution in [0.3, 0.4) is 0 Å². The van der Waals surface area contributed by atoms with Gasteiger partial charge in [-0.3, -0.25) is 37.3 Å². The Morgan fingerprint density at radius 1 is 0.342 bits per heavy atom. The summed E-state index contributed by atoms with van der Waals surface area (Å²) in [6.45, 7) is 7.04.